The number of halogens is 1. The zero-order chi connectivity index (χ0) is 12.3. The molecule has 1 aliphatic heterocycles. The molecule has 0 spiro atoms. The van der Waals surface area contributed by atoms with E-state index in [0.717, 1.165) is 13.0 Å². The Morgan fingerprint density at radius 3 is 3.06 bits per heavy atom. The van der Waals surface area contributed by atoms with Crippen molar-refractivity contribution in [2.45, 2.75) is 11.3 Å². The summed E-state index contributed by atoms with van der Waals surface area (Å²) in [5.74, 6) is -0.240. The lowest BCUT2D eigenvalue weighted by atomic mass is 10.1. The molecule has 1 aromatic carbocycles. The third-order valence-electron chi connectivity index (χ3n) is 2.78. The summed E-state index contributed by atoms with van der Waals surface area (Å²) in [6.07, 6.45) is 0.974. The highest BCUT2D eigenvalue weighted by molar-refractivity contribution is 7.80. The van der Waals surface area contributed by atoms with Gasteiger partial charge in [-0.2, -0.15) is 0 Å². The van der Waals surface area contributed by atoms with Gasteiger partial charge in [-0.1, -0.05) is 0 Å². The second-order valence-corrected chi connectivity index (χ2v) is 4.59. The maximum Gasteiger partial charge on any atom is 0.251 e. The molecule has 5 heteroatoms. The molecule has 1 aromatic rings. The first-order valence-corrected chi connectivity index (χ1v) is 5.96. The molecule has 0 saturated carbocycles. The molecule has 1 atom stereocenters. The van der Waals surface area contributed by atoms with Crippen LogP contribution in [-0.4, -0.2) is 25.7 Å². The predicted molar refractivity (Wildman–Crippen MR) is 64.9 cm³/mol. The summed E-state index contributed by atoms with van der Waals surface area (Å²) in [5, 5.41) is 2.81. The lowest BCUT2D eigenvalue weighted by Crippen LogP contribution is -2.29. The van der Waals surface area contributed by atoms with E-state index in [9.17, 15) is 9.18 Å². The summed E-state index contributed by atoms with van der Waals surface area (Å²) in [7, 11) is 0. The Morgan fingerprint density at radius 2 is 2.41 bits per heavy atom. The van der Waals surface area contributed by atoms with Crippen LogP contribution in [0.15, 0.2) is 23.1 Å². The van der Waals surface area contributed by atoms with Crippen molar-refractivity contribution >= 4 is 18.5 Å². The molecule has 2 rings (SSSR count). The van der Waals surface area contributed by atoms with E-state index in [1.807, 2.05) is 0 Å². The van der Waals surface area contributed by atoms with Crippen LogP contribution in [0.3, 0.4) is 0 Å². The van der Waals surface area contributed by atoms with E-state index in [0.29, 0.717) is 24.6 Å². The predicted octanol–water partition coefficient (Wildman–Crippen LogP) is 1.88. The maximum absolute atomic E-state index is 13.0. The van der Waals surface area contributed by atoms with Crippen LogP contribution < -0.4 is 5.32 Å². The van der Waals surface area contributed by atoms with Crippen molar-refractivity contribution < 1.29 is 13.9 Å². The van der Waals surface area contributed by atoms with Crippen molar-refractivity contribution in [3.8, 4) is 0 Å². The van der Waals surface area contributed by atoms with Crippen LogP contribution in [0.5, 0.6) is 0 Å². The topological polar surface area (TPSA) is 38.3 Å². The van der Waals surface area contributed by atoms with Crippen LogP contribution in [0.4, 0.5) is 4.39 Å². The number of benzene rings is 1. The molecule has 92 valence electrons. The van der Waals surface area contributed by atoms with Crippen molar-refractivity contribution in [3.05, 3.63) is 29.6 Å². The molecule has 1 fully saturated rings. The summed E-state index contributed by atoms with van der Waals surface area (Å²) in [6, 6.07) is 4.13. The van der Waals surface area contributed by atoms with Gasteiger partial charge in [0.15, 0.2) is 0 Å². The smallest absolute Gasteiger partial charge is 0.251 e. The van der Waals surface area contributed by atoms with Gasteiger partial charge in [-0.05, 0) is 24.6 Å². The van der Waals surface area contributed by atoms with Gasteiger partial charge in [-0.25, -0.2) is 4.39 Å². The van der Waals surface area contributed by atoms with E-state index in [1.54, 1.807) is 0 Å². The Labute approximate surface area is 105 Å². The molecule has 17 heavy (non-hydrogen) atoms. The molecule has 3 nitrogen and oxygen atoms in total. The quantitative estimate of drug-likeness (QED) is 0.809. The van der Waals surface area contributed by atoms with Gasteiger partial charge in [0.05, 0.1) is 6.61 Å². The number of nitrogens with one attached hydrogen (secondary N) is 1. The van der Waals surface area contributed by atoms with Gasteiger partial charge < -0.3 is 10.1 Å². The minimum Gasteiger partial charge on any atom is -0.381 e. The highest BCUT2D eigenvalue weighted by Crippen LogP contribution is 2.15. The second-order valence-electron chi connectivity index (χ2n) is 4.11. The summed E-state index contributed by atoms with van der Waals surface area (Å²) in [5.41, 5.74) is 0.426. The van der Waals surface area contributed by atoms with Gasteiger partial charge in [0.2, 0.25) is 0 Å². The lowest BCUT2D eigenvalue weighted by molar-refractivity contribution is 0.0944. The fourth-order valence-electron chi connectivity index (χ4n) is 1.74. The largest absolute Gasteiger partial charge is 0.381 e. The highest BCUT2D eigenvalue weighted by Gasteiger charge is 2.17. The van der Waals surface area contributed by atoms with Gasteiger partial charge in [-0.15, -0.1) is 12.6 Å². The Balaban J connectivity index is 1.92. The Morgan fingerprint density at radius 1 is 1.59 bits per heavy atom. The standard InChI is InChI=1S/C12H14FNO2S/c13-10-2-1-9(5-11(10)17)12(15)14-6-8-3-4-16-7-8/h1-2,5,8,17H,3-4,6-7H2,(H,14,15). The molecule has 1 heterocycles. The monoisotopic (exact) mass is 255 g/mol. The van der Waals surface area contributed by atoms with Gasteiger partial charge in [0.25, 0.3) is 5.91 Å². The summed E-state index contributed by atoms with van der Waals surface area (Å²) < 4.78 is 18.2. The first kappa shape index (κ1) is 12.4. The van der Waals surface area contributed by atoms with Gasteiger partial charge >= 0.3 is 0 Å². The molecule has 1 unspecified atom stereocenters. The van der Waals surface area contributed by atoms with Gasteiger partial charge in [-0.3, -0.25) is 4.79 Å². The van der Waals surface area contributed by atoms with Gasteiger partial charge in [0, 0.05) is 29.5 Å². The van der Waals surface area contributed by atoms with Crippen molar-refractivity contribution in [1.82, 2.24) is 5.32 Å². The van der Waals surface area contributed by atoms with E-state index in [2.05, 4.69) is 17.9 Å². The number of carbonyl (C=O) groups is 1. The van der Waals surface area contributed by atoms with E-state index in [-0.39, 0.29) is 10.8 Å². The first-order valence-electron chi connectivity index (χ1n) is 5.51. The minimum absolute atomic E-state index is 0.182. The Bertz CT molecular complexity index is 419. The minimum atomic E-state index is -0.422. The van der Waals surface area contributed by atoms with Crippen molar-refractivity contribution in [3.63, 3.8) is 0 Å². The Hall–Kier alpha value is -1.07. The maximum atomic E-state index is 13.0. The molecule has 1 N–H and O–H groups in total. The lowest BCUT2D eigenvalue weighted by Gasteiger charge is -2.09. The van der Waals surface area contributed by atoms with Crippen molar-refractivity contribution in [2.75, 3.05) is 19.8 Å². The van der Waals surface area contributed by atoms with Crippen LogP contribution in [-0.2, 0) is 4.74 Å². The summed E-state index contributed by atoms with van der Waals surface area (Å²) >= 11 is 3.94. The zero-order valence-corrected chi connectivity index (χ0v) is 10.2. The third kappa shape index (κ3) is 3.20. The number of thiol groups is 1. The van der Waals surface area contributed by atoms with E-state index < -0.39 is 5.82 Å². The third-order valence-corrected chi connectivity index (χ3v) is 3.13. The average molecular weight is 255 g/mol. The Kier molecular flexibility index (Phi) is 4.02. The van der Waals surface area contributed by atoms with Gasteiger partial charge in [0.1, 0.15) is 5.82 Å². The van der Waals surface area contributed by atoms with E-state index in [1.165, 1.54) is 18.2 Å². The number of amides is 1. The summed E-state index contributed by atoms with van der Waals surface area (Å²) in [6.45, 7) is 2.05. The average Bonchev–Trinajstić information content (AvgIpc) is 2.82. The van der Waals surface area contributed by atoms with E-state index >= 15 is 0 Å². The SMILES string of the molecule is O=C(NCC1CCOC1)c1ccc(F)c(S)c1. The fraction of sp³-hybridized carbons (Fsp3) is 0.417. The van der Waals surface area contributed by atoms with Crippen molar-refractivity contribution in [1.29, 1.82) is 0 Å². The summed E-state index contributed by atoms with van der Waals surface area (Å²) in [4.78, 5) is 11.9. The molecular weight excluding hydrogens is 241 g/mol. The molecule has 1 amide bonds. The van der Waals surface area contributed by atoms with Crippen molar-refractivity contribution in [2.24, 2.45) is 5.92 Å². The number of rotatable bonds is 3. The van der Waals surface area contributed by atoms with Crippen LogP contribution in [0.2, 0.25) is 0 Å². The first-order chi connectivity index (χ1) is 8.16. The highest BCUT2D eigenvalue weighted by atomic mass is 32.1. The van der Waals surface area contributed by atoms with E-state index in [4.69, 9.17) is 4.74 Å². The molecule has 1 saturated heterocycles. The molecule has 0 radical (unpaired) electrons. The van der Waals surface area contributed by atoms with Crippen LogP contribution in [0.25, 0.3) is 0 Å². The number of carbonyl (C=O) groups excluding carboxylic acids is 1. The molecular formula is C12H14FNO2S. The molecule has 1 aliphatic rings. The van der Waals surface area contributed by atoms with Crippen LogP contribution in [0.1, 0.15) is 16.8 Å². The molecule has 0 bridgehead atoms. The zero-order valence-electron chi connectivity index (χ0n) is 9.28. The normalized spacial score (nSPS) is 19.3. The number of hydrogen-bond acceptors (Lipinski definition) is 3. The number of ether oxygens (including phenoxy) is 1. The molecule has 0 aromatic heterocycles. The van der Waals surface area contributed by atoms with Crippen LogP contribution >= 0.6 is 12.6 Å². The fourth-order valence-corrected chi connectivity index (χ4v) is 1.95. The van der Waals surface area contributed by atoms with Crippen LogP contribution in [0, 0.1) is 11.7 Å². The molecule has 0 aliphatic carbocycles. The number of hydrogen-bond donors (Lipinski definition) is 2. The second kappa shape index (κ2) is 5.51.